The van der Waals surface area contributed by atoms with Gasteiger partial charge < -0.3 is 14.7 Å². The van der Waals surface area contributed by atoms with Crippen LogP contribution in [0.5, 0.6) is 0 Å². The van der Waals surface area contributed by atoms with Crippen molar-refractivity contribution >= 4 is 17.5 Å². The first-order chi connectivity index (χ1) is 16.6. The number of amides is 1. The van der Waals surface area contributed by atoms with Crippen LogP contribution in [-0.2, 0) is 11.8 Å². The second-order valence-electron chi connectivity index (χ2n) is 8.87. The third-order valence-corrected chi connectivity index (χ3v) is 6.72. The predicted molar refractivity (Wildman–Crippen MR) is 131 cm³/mol. The smallest absolute Gasteiger partial charge is 0.255 e. The number of hydrogen-bond donors (Lipinski definition) is 0. The van der Waals surface area contributed by atoms with Gasteiger partial charge in [-0.2, -0.15) is 0 Å². The lowest BCUT2D eigenvalue weighted by atomic mass is 9.96. The highest BCUT2D eigenvalue weighted by Crippen LogP contribution is 2.25. The van der Waals surface area contributed by atoms with Gasteiger partial charge in [0.1, 0.15) is 6.33 Å². The van der Waals surface area contributed by atoms with E-state index in [9.17, 15) is 9.59 Å². The second-order valence-corrected chi connectivity index (χ2v) is 8.87. The van der Waals surface area contributed by atoms with E-state index in [-0.39, 0.29) is 17.4 Å². The standard InChI is InChI=1S/C25H29N7O2/c1-29-23(33)16-22(21-9-10-26-18-27-21)28-25(29)32-11-5-6-19(17-32)24(34)31-14-12-30(13-15-31)20-7-3-2-4-8-20/h2-4,7-10,16,18-19H,5-6,11-15,17H2,1H3. The summed E-state index contributed by atoms with van der Waals surface area (Å²) >= 11 is 0. The molecule has 0 N–H and O–H groups in total. The molecule has 176 valence electrons. The predicted octanol–water partition coefficient (Wildman–Crippen LogP) is 1.80. The van der Waals surface area contributed by atoms with Crippen molar-refractivity contribution < 1.29 is 4.79 Å². The molecule has 1 aromatic carbocycles. The number of para-hydroxylation sites is 1. The SMILES string of the molecule is Cn1c(N2CCCC(C(=O)N3CCN(c4ccccc4)CC3)C2)nc(-c2ccncn2)cc1=O. The van der Waals surface area contributed by atoms with Gasteiger partial charge in [0.05, 0.1) is 17.3 Å². The van der Waals surface area contributed by atoms with Gasteiger partial charge in [-0.3, -0.25) is 14.2 Å². The van der Waals surface area contributed by atoms with E-state index in [4.69, 9.17) is 4.98 Å². The molecule has 0 saturated carbocycles. The lowest BCUT2D eigenvalue weighted by Gasteiger charge is -2.40. The Kier molecular flexibility index (Phi) is 6.24. The van der Waals surface area contributed by atoms with E-state index in [2.05, 4.69) is 31.9 Å². The fraction of sp³-hybridized carbons (Fsp3) is 0.400. The van der Waals surface area contributed by atoms with Gasteiger partial charge in [0.15, 0.2) is 0 Å². The summed E-state index contributed by atoms with van der Waals surface area (Å²) in [6.07, 6.45) is 4.82. The van der Waals surface area contributed by atoms with Crippen molar-refractivity contribution in [3.63, 3.8) is 0 Å². The Morgan fingerprint density at radius 1 is 0.971 bits per heavy atom. The van der Waals surface area contributed by atoms with Crippen LogP contribution in [0.15, 0.2) is 59.8 Å². The van der Waals surface area contributed by atoms with E-state index >= 15 is 0 Å². The summed E-state index contributed by atoms with van der Waals surface area (Å²) in [7, 11) is 1.72. The number of carbonyl (C=O) groups excluding carboxylic acids is 1. The van der Waals surface area contributed by atoms with E-state index in [1.54, 1.807) is 23.9 Å². The molecule has 0 bridgehead atoms. The fourth-order valence-corrected chi connectivity index (χ4v) is 4.83. The van der Waals surface area contributed by atoms with Crippen molar-refractivity contribution in [1.82, 2.24) is 24.4 Å². The molecule has 0 spiro atoms. The van der Waals surface area contributed by atoms with Gasteiger partial charge in [-0.25, -0.2) is 15.0 Å². The van der Waals surface area contributed by atoms with Crippen molar-refractivity contribution in [3.8, 4) is 11.4 Å². The first kappa shape index (κ1) is 22.1. The molecular weight excluding hydrogens is 430 g/mol. The van der Waals surface area contributed by atoms with Gasteiger partial charge in [0.2, 0.25) is 11.9 Å². The molecule has 34 heavy (non-hydrogen) atoms. The number of aromatic nitrogens is 4. The van der Waals surface area contributed by atoms with Crippen LogP contribution >= 0.6 is 0 Å². The minimum atomic E-state index is -0.149. The molecule has 9 heteroatoms. The Balaban J connectivity index is 1.28. The monoisotopic (exact) mass is 459 g/mol. The van der Waals surface area contributed by atoms with E-state index in [0.717, 1.165) is 45.6 Å². The van der Waals surface area contributed by atoms with Crippen LogP contribution in [0.3, 0.4) is 0 Å². The van der Waals surface area contributed by atoms with Crippen molar-refractivity contribution in [1.29, 1.82) is 0 Å². The number of benzene rings is 1. The maximum Gasteiger partial charge on any atom is 0.255 e. The lowest BCUT2D eigenvalue weighted by Crippen LogP contribution is -2.53. The molecule has 1 unspecified atom stereocenters. The van der Waals surface area contributed by atoms with Crippen LogP contribution in [0.1, 0.15) is 12.8 Å². The average Bonchev–Trinajstić information content (AvgIpc) is 2.91. The zero-order chi connectivity index (χ0) is 23.5. The zero-order valence-corrected chi connectivity index (χ0v) is 19.4. The molecule has 3 aromatic rings. The van der Waals surface area contributed by atoms with Crippen LogP contribution in [-0.4, -0.2) is 69.6 Å². The van der Waals surface area contributed by atoms with Gasteiger partial charge in [0.25, 0.3) is 5.56 Å². The average molecular weight is 460 g/mol. The minimum absolute atomic E-state index is 0.100. The number of anilines is 2. The molecule has 2 fully saturated rings. The summed E-state index contributed by atoms with van der Waals surface area (Å²) in [5, 5.41) is 0. The molecule has 0 radical (unpaired) electrons. The summed E-state index contributed by atoms with van der Waals surface area (Å²) in [5.41, 5.74) is 2.18. The zero-order valence-electron chi connectivity index (χ0n) is 19.4. The van der Waals surface area contributed by atoms with Crippen LogP contribution in [0, 0.1) is 5.92 Å². The Morgan fingerprint density at radius 2 is 1.76 bits per heavy atom. The third-order valence-electron chi connectivity index (χ3n) is 6.72. The minimum Gasteiger partial charge on any atom is -0.368 e. The van der Waals surface area contributed by atoms with Crippen molar-refractivity contribution in [3.05, 3.63) is 65.3 Å². The normalized spacial score (nSPS) is 18.7. The molecule has 5 rings (SSSR count). The number of piperazine rings is 1. The van der Waals surface area contributed by atoms with Crippen LogP contribution in [0.4, 0.5) is 11.6 Å². The molecule has 4 heterocycles. The second kappa shape index (κ2) is 9.62. The van der Waals surface area contributed by atoms with E-state index in [1.165, 1.54) is 18.1 Å². The molecule has 2 aliphatic rings. The lowest BCUT2D eigenvalue weighted by molar-refractivity contribution is -0.136. The Morgan fingerprint density at radius 3 is 2.50 bits per heavy atom. The maximum absolute atomic E-state index is 13.4. The molecule has 0 aliphatic carbocycles. The molecular formula is C25H29N7O2. The third kappa shape index (κ3) is 4.50. The summed E-state index contributed by atoms with van der Waals surface area (Å²) < 4.78 is 1.55. The summed E-state index contributed by atoms with van der Waals surface area (Å²) in [4.78, 5) is 45.4. The van der Waals surface area contributed by atoms with Crippen molar-refractivity contribution in [2.24, 2.45) is 13.0 Å². The highest BCUT2D eigenvalue weighted by Gasteiger charge is 2.32. The molecule has 2 aromatic heterocycles. The highest BCUT2D eigenvalue weighted by atomic mass is 16.2. The van der Waals surface area contributed by atoms with E-state index in [1.807, 2.05) is 23.1 Å². The summed E-state index contributed by atoms with van der Waals surface area (Å²) in [6, 6.07) is 13.6. The largest absolute Gasteiger partial charge is 0.368 e. The van der Waals surface area contributed by atoms with Crippen molar-refractivity contribution in [2.45, 2.75) is 12.8 Å². The van der Waals surface area contributed by atoms with E-state index in [0.29, 0.717) is 23.9 Å². The number of nitrogens with zero attached hydrogens (tertiary/aromatic N) is 7. The van der Waals surface area contributed by atoms with Crippen LogP contribution in [0.25, 0.3) is 11.4 Å². The fourth-order valence-electron chi connectivity index (χ4n) is 4.83. The van der Waals surface area contributed by atoms with Crippen molar-refractivity contribution in [2.75, 3.05) is 49.1 Å². The number of carbonyl (C=O) groups is 1. The molecule has 2 saturated heterocycles. The van der Waals surface area contributed by atoms with Gasteiger partial charge in [-0.15, -0.1) is 0 Å². The summed E-state index contributed by atoms with van der Waals surface area (Å²) in [6.45, 7) is 4.45. The van der Waals surface area contributed by atoms with Crippen LogP contribution in [0.2, 0.25) is 0 Å². The van der Waals surface area contributed by atoms with Gasteiger partial charge >= 0.3 is 0 Å². The molecule has 1 atom stereocenters. The Labute approximate surface area is 198 Å². The molecule has 2 aliphatic heterocycles. The Bertz CT molecular complexity index is 1190. The van der Waals surface area contributed by atoms with Gasteiger partial charge in [-0.1, -0.05) is 18.2 Å². The number of rotatable bonds is 4. The molecule has 1 amide bonds. The topological polar surface area (TPSA) is 87.5 Å². The quantitative estimate of drug-likeness (QED) is 0.588. The van der Waals surface area contributed by atoms with E-state index < -0.39 is 0 Å². The first-order valence-electron chi connectivity index (χ1n) is 11.8. The maximum atomic E-state index is 13.4. The Hall–Kier alpha value is -3.75. The number of piperidine rings is 1. The van der Waals surface area contributed by atoms with Crippen LogP contribution < -0.4 is 15.4 Å². The van der Waals surface area contributed by atoms with Gasteiger partial charge in [-0.05, 0) is 31.0 Å². The summed E-state index contributed by atoms with van der Waals surface area (Å²) in [5.74, 6) is 0.679. The first-order valence-corrected chi connectivity index (χ1v) is 11.8. The molecule has 9 nitrogen and oxygen atoms in total. The van der Waals surface area contributed by atoms with Gasteiger partial charge in [0, 0.05) is 64.3 Å². The highest BCUT2D eigenvalue weighted by molar-refractivity contribution is 5.80. The number of hydrogen-bond acceptors (Lipinski definition) is 7.